The minimum atomic E-state index is -0.504. The maximum atomic E-state index is 13.0. The number of carbonyl (C=O) groups excluding carboxylic acids is 2. The number of aromatic hydroxyl groups is 1. The molecule has 6 rings (SSSR count). The molecule has 0 bridgehead atoms. The van der Waals surface area contributed by atoms with Gasteiger partial charge in [0.05, 0.1) is 16.6 Å². The number of aromatic nitrogens is 3. The van der Waals surface area contributed by atoms with Crippen molar-refractivity contribution in [3.8, 4) is 17.2 Å². The highest BCUT2D eigenvalue weighted by Gasteiger charge is 2.19. The summed E-state index contributed by atoms with van der Waals surface area (Å²) in [6.07, 6.45) is 0. The van der Waals surface area contributed by atoms with Crippen molar-refractivity contribution in [3.63, 3.8) is 0 Å². The van der Waals surface area contributed by atoms with E-state index in [1.54, 1.807) is 72.8 Å². The number of carbonyl (C=O) groups is 2. The number of nitrogens with one attached hydrogen (secondary N) is 1. The maximum absolute atomic E-state index is 13.0. The van der Waals surface area contributed by atoms with E-state index in [9.17, 15) is 14.7 Å². The van der Waals surface area contributed by atoms with E-state index in [0.717, 1.165) is 0 Å². The molecule has 5 aromatic carbocycles. The molecular formula is C31H22N4O5. The van der Waals surface area contributed by atoms with E-state index in [1.807, 2.05) is 30.3 Å². The Morgan fingerprint density at radius 3 is 2.30 bits per heavy atom. The lowest BCUT2D eigenvalue weighted by atomic mass is 10.0. The molecule has 6 aromatic rings. The van der Waals surface area contributed by atoms with E-state index in [0.29, 0.717) is 44.6 Å². The van der Waals surface area contributed by atoms with Crippen LogP contribution in [0.1, 0.15) is 20.7 Å². The predicted molar refractivity (Wildman–Crippen MR) is 150 cm³/mol. The summed E-state index contributed by atoms with van der Waals surface area (Å²) in [6, 6.07) is 31.4. The molecule has 0 aliphatic rings. The molecule has 0 aliphatic carbocycles. The number of anilines is 1. The molecule has 40 heavy (non-hydrogen) atoms. The van der Waals surface area contributed by atoms with Gasteiger partial charge in [0.25, 0.3) is 5.91 Å². The minimum Gasteiger partial charge on any atom is -0.506 e. The third-order valence-electron chi connectivity index (χ3n) is 6.30. The highest BCUT2D eigenvalue weighted by Crippen LogP contribution is 2.36. The molecule has 0 saturated carbocycles. The smallest absolute Gasteiger partial charge is 0.343 e. The number of rotatable bonds is 7. The van der Waals surface area contributed by atoms with Crippen LogP contribution in [0, 0.1) is 0 Å². The summed E-state index contributed by atoms with van der Waals surface area (Å²) < 4.78 is 13.0. The monoisotopic (exact) mass is 530 g/mol. The number of para-hydroxylation sites is 2. The second-order valence-electron chi connectivity index (χ2n) is 8.91. The lowest BCUT2D eigenvalue weighted by Crippen LogP contribution is -2.13. The first-order valence-corrected chi connectivity index (χ1v) is 12.4. The Labute approximate surface area is 228 Å². The van der Waals surface area contributed by atoms with Crippen LogP contribution in [0.4, 0.5) is 5.69 Å². The number of benzene rings is 5. The lowest BCUT2D eigenvalue weighted by molar-refractivity contribution is 0.0734. The van der Waals surface area contributed by atoms with Crippen LogP contribution in [-0.4, -0.2) is 32.0 Å². The van der Waals surface area contributed by atoms with Gasteiger partial charge in [0, 0.05) is 16.5 Å². The van der Waals surface area contributed by atoms with E-state index in [-0.39, 0.29) is 18.0 Å². The Bertz CT molecular complexity index is 1850. The van der Waals surface area contributed by atoms with Crippen LogP contribution >= 0.6 is 0 Å². The molecule has 0 radical (unpaired) electrons. The predicted octanol–water partition coefficient (Wildman–Crippen LogP) is 5.80. The number of esters is 1. The molecule has 0 atom stereocenters. The van der Waals surface area contributed by atoms with Crippen LogP contribution in [0.15, 0.2) is 109 Å². The van der Waals surface area contributed by atoms with Crippen molar-refractivity contribution >= 4 is 39.4 Å². The number of phenolic OH excluding ortho intramolecular Hbond substituents is 1. The molecule has 0 aliphatic heterocycles. The Hall–Kier alpha value is -5.70. The summed E-state index contributed by atoms with van der Waals surface area (Å²) >= 11 is 0. The standard InChI is InChI=1S/C31H22N4O5/c36-29-24-14-8-7-13-23(24)28(18-25(29)30(37)32-21-9-3-1-4-10-21)39-19-35-27-16-15-20(17-26(27)33-34-35)31(38)40-22-11-5-2-6-12-22/h1-18,36H,19H2,(H,32,37). The summed E-state index contributed by atoms with van der Waals surface area (Å²) in [4.78, 5) is 25.6. The fraction of sp³-hybridized carbons (Fsp3) is 0.0323. The minimum absolute atomic E-state index is 0.0289. The number of hydrogen-bond acceptors (Lipinski definition) is 7. The fourth-order valence-corrected chi connectivity index (χ4v) is 4.32. The van der Waals surface area contributed by atoms with E-state index in [4.69, 9.17) is 9.47 Å². The molecule has 1 aromatic heterocycles. The van der Waals surface area contributed by atoms with Crippen LogP contribution in [-0.2, 0) is 6.73 Å². The average Bonchev–Trinajstić information content (AvgIpc) is 3.40. The van der Waals surface area contributed by atoms with Crippen LogP contribution in [0.25, 0.3) is 21.8 Å². The number of hydrogen-bond donors (Lipinski definition) is 2. The van der Waals surface area contributed by atoms with Gasteiger partial charge in [-0.15, -0.1) is 5.10 Å². The summed E-state index contributed by atoms with van der Waals surface area (Å²) in [5.74, 6) is -0.283. The Balaban J connectivity index is 1.25. The molecular weight excluding hydrogens is 508 g/mol. The van der Waals surface area contributed by atoms with Gasteiger partial charge in [-0.05, 0) is 48.5 Å². The van der Waals surface area contributed by atoms with Crippen molar-refractivity contribution in [3.05, 3.63) is 120 Å². The Morgan fingerprint density at radius 1 is 0.825 bits per heavy atom. The van der Waals surface area contributed by atoms with Crippen LogP contribution in [0.2, 0.25) is 0 Å². The molecule has 0 saturated heterocycles. The number of phenols is 1. The van der Waals surface area contributed by atoms with Crippen molar-refractivity contribution in [2.75, 3.05) is 5.32 Å². The SMILES string of the molecule is O=C(Oc1ccccc1)c1ccc2c(c1)nnn2COc1cc(C(=O)Nc2ccccc2)c(O)c2ccccc12. The summed E-state index contributed by atoms with van der Waals surface area (Å²) in [7, 11) is 0. The lowest BCUT2D eigenvalue weighted by Gasteiger charge is -2.14. The number of fused-ring (bicyclic) bond motifs is 2. The molecule has 9 nitrogen and oxygen atoms in total. The second kappa shape index (κ2) is 10.6. The first-order valence-electron chi connectivity index (χ1n) is 12.4. The zero-order chi connectivity index (χ0) is 27.5. The second-order valence-corrected chi connectivity index (χ2v) is 8.91. The summed E-state index contributed by atoms with van der Waals surface area (Å²) in [5.41, 5.74) is 2.14. The van der Waals surface area contributed by atoms with Gasteiger partial charge in [0.1, 0.15) is 22.8 Å². The fourth-order valence-electron chi connectivity index (χ4n) is 4.32. The number of amides is 1. The largest absolute Gasteiger partial charge is 0.506 e. The van der Waals surface area contributed by atoms with Gasteiger partial charge in [-0.2, -0.15) is 0 Å². The van der Waals surface area contributed by atoms with Gasteiger partial charge in [-0.3, -0.25) is 4.79 Å². The van der Waals surface area contributed by atoms with Crippen LogP contribution < -0.4 is 14.8 Å². The quantitative estimate of drug-likeness (QED) is 0.198. The molecule has 0 spiro atoms. The van der Waals surface area contributed by atoms with E-state index in [1.165, 1.54) is 10.7 Å². The maximum Gasteiger partial charge on any atom is 0.343 e. The third-order valence-corrected chi connectivity index (χ3v) is 6.30. The van der Waals surface area contributed by atoms with Crippen LogP contribution in [0.3, 0.4) is 0 Å². The normalized spacial score (nSPS) is 10.9. The molecule has 2 N–H and O–H groups in total. The van der Waals surface area contributed by atoms with Crippen molar-refractivity contribution in [1.29, 1.82) is 0 Å². The summed E-state index contributed by atoms with van der Waals surface area (Å²) in [6.45, 7) is -0.0289. The van der Waals surface area contributed by atoms with E-state index in [2.05, 4.69) is 15.6 Å². The Kier molecular flexibility index (Phi) is 6.51. The third kappa shape index (κ3) is 4.91. The first-order chi connectivity index (χ1) is 19.6. The molecule has 1 heterocycles. The molecule has 1 amide bonds. The van der Waals surface area contributed by atoms with Crippen molar-refractivity contribution < 1.29 is 24.2 Å². The number of ether oxygens (including phenoxy) is 2. The highest BCUT2D eigenvalue weighted by molar-refractivity contribution is 6.11. The topological polar surface area (TPSA) is 116 Å². The van der Waals surface area contributed by atoms with Gasteiger partial charge in [-0.1, -0.05) is 65.9 Å². The summed E-state index contributed by atoms with van der Waals surface area (Å²) in [5, 5.41) is 23.1. The molecule has 9 heteroatoms. The van der Waals surface area contributed by atoms with Crippen molar-refractivity contribution in [2.24, 2.45) is 0 Å². The van der Waals surface area contributed by atoms with E-state index < -0.39 is 11.9 Å². The average molecular weight is 531 g/mol. The highest BCUT2D eigenvalue weighted by atomic mass is 16.5. The Morgan fingerprint density at radius 2 is 1.52 bits per heavy atom. The van der Waals surface area contributed by atoms with Crippen molar-refractivity contribution in [2.45, 2.75) is 6.73 Å². The van der Waals surface area contributed by atoms with Gasteiger partial charge in [0.15, 0.2) is 6.73 Å². The van der Waals surface area contributed by atoms with Gasteiger partial charge in [-0.25, -0.2) is 9.48 Å². The zero-order valence-electron chi connectivity index (χ0n) is 21.0. The van der Waals surface area contributed by atoms with Gasteiger partial charge >= 0.3 is 5.97 Å². The van der Waals surface area contributed by atoms with Crippen LogP contribution in [0.5, 0.6) is 17.2 Å². The zero-order valence-corrected chi connectivity index (χ0v) is 21.0. The number of nitrogens with zero attached hydrogens (tertiary/aromatic N) is 3. The molecule has 0 unspecified atom stereocenters. The van der Waals surface area contributed by atoms with Gasteiger partial charge in [0.2, 0.25) is 0 Å². The van der Waals surface area contributed by atoms with Crippen molar-refractivity contribution in [1.82, 2.24) is 15.0 Å². The van der Waals surface area contributed by atoms with E-state index >= 15 is 0 Å². The first kappa shape index (κ1) is 24.6. The van der Waals surface area contributed by atoms with Gasteiger partial charge < -0.3 is 19.9 Å². The molecule has 0 fully saturated rings. The molecule has 196 valence electrons.